The van der Waals surface area contributed by atoms with E-state index >= 15 is 0 Å². The van der Waals surface area contributed by atoms with Gasteiger partial charge in [-0.05, 0) is 18.2 Å². The molecule has 0 spiro atoms. The Morgan fingerprint density at radius 1 is 1.00 bits per heavy atom. The van der Waals surface area contributed by atoms with Crippen LogP contribution in [0, 0.1) is 22.7 Å². The molecular formula is C21H12ClN7O. The standard InChI is InChI=1S/C21H12ClN7O/c22-16-8-4-7-13-14(9-23)20(28-19-15(10-24)18(25)26-11-27-19)29(21(30)17(13)16)12-5-2-1-3-6-12/h1-8,11H,(H3,25,26,27,28). The molecule has 4 rings (SSSR count). The monoisotopic (exact) mass is 413 g/mol. The second kappa shape index (κ2) is 7.55. The summed E-state index contributed by atoms with van der Waals surface area (Å²) in [6.45, 7) is 0. The summed E-state index contributed by atoms with van der Waals surface area (Å²) in [5, 5.41) is 23.2. The molecule has 0 saturated carbocycles. The first-order valence-corrected chi connectivity index (χ1v) is 9.05. The lowest BCUT2D eigenvalue weighted by atomic mass is 10.1. The number of para-hydroxylation sites is 1. The number of hydrogen-bond donors (Lipinski definition) is 2. The number of nitriles is 2. The average molecular weight is 414 g/mol. The van der Waals surface area contributed by atoms with Gasteiger partial charge >= 0.3 is 0 Å². The van der Waals surface area contributed by atoms with E-state index in [1.54, 1.807) is 48.5 Å². The number of nitrogen functional groups attached to an aromatic ring is 1. The number of pyridine rings is 1. The summed E-state index contributed by atoms with van der Waals surface area (Å²) in [5.74, 6) is 0.191. The summed E-state index contributed by atoms with van der Waals surface area (Å²) in [6, 6.07) is 17.7. The Bertz CT molecular complexity index is 1430. The summed E-state index contributed by atoms with van der Waals surface area (Å²) in [6.07, 6.45) is 1.19. The molecule has 0 unspecified atom stereocenters. The molecule has 9 heteroatoms. The molecule has 8 nitrogen and oxygen atoms in total. The second-order valence-electron chi connectivity index (χ2n) is 6.19. The highest BCUT2D eigenvalue weighted by Gasteiger charge is 2.21. The third-order valence-corrected chi connectivity index (χ3v) is 4.83. The van der Waals surface area contributed by atoms with E-state index in [1.165, 1.54) is 10.9 Å². The van der Waals surface area contributed by atoms with Crippen molar-refractivity contribution in [3.05, 3.63) is 81.4 Å². The van der Waals surface area contributed by atoms with Gasteiger partial charge in [0.05, 0.1) is 16.1 Å². The van der Waals surface area contributed by atoms with Gasteiger partial charge in [-0.3, -0.25) is 9.36 Å². The van der Waals surface area contributed by atoms with Crippen LogP contribution in [0.1, 0.15) is 11.1 Å². The molecule has 0 radical (unpaired) electrons. The van der Waals surface area contributed by atoms with Gasteiger partial charge in [0.1, 0.15) is 41.2 Å². The molecule has 0 saturated heterocycles. The van der Waals surface area contributed by atoms with Gasteiger partial charge in [-0.1, -0.05) is 41.9 Å². The molecule has 0 bridgehead atoms. The van der Waals surface area contributed by atoms with Gasteiger partial charge in [-0.2, -0.15) is 10.5 Å². The van der Waals surface area contributed by atoms with Crippen molar-refractivity contribution in [3.63, 3.8) is 0 Å². The maximum atomic E-state index is 13.5. The number of halogens is 1. The Kier molecular flexibility index (Phi) is 4.77. The molecule has 2 heterocycles. The molecule has 0 aliphatic heterocycles. The normalized spacial score (nSPS) is 10.4. The third-order valence-electron chi connectivity index (χ3n) is 4.51. The fraction of sp³-hybridized carbons (Fsp3) is 0. The highest BCUT2D eigenvalue weighted by atomic mass is 35.5. The van der Waals surface area contributed by atoms with Crippen molar-refractivity contribution < 1.29 is 0 Å². The molecule has 144 valence electrons. The minimum absolute atomic E-state index is 0.000332. The maximum Gasteiger partial charge on any atom is 0.266 e. The van der Waals surface area contributed by atoms with Crippen LogP contribution in [0.15, 0.2) is 59.7 Å². The van der Waals surface area contributed by atoms with Gasteiger partial charge in [0, 0.05) is 5.39 Å². The van der Waals surface area contributed by atoms with E-state index in [0.29, 0.717) is 11.1 Å². The van der Waals surface area contributed by atoms with Gasteiger partial charge < -0.3 is 11.1 Å². The number of nitrogens with two attached hydrogens (primary N) is 1. The third kappa shape index (κ3) is 2.98. The molecule has 3 N–H and O–H groups in total. The topological polar surface area (TPSA) is 133 Å². The van der Waals surface area contributed by atoms with Crippen LogP contribution in [0.25, 0.3) is 16.5 Å². The van der Waals surface area contributed by atoms with E-state index in [9.17, 15) is 15.3 Å². The SMILES string of the molecule is N#Cc1c(N)ncnc1Nc1c(C#N)c2cccc(Cl)c2c(=O)n1-c1ccccc1. The smallest absolute Gasteiger partial charge is 0.266 e. The van der Waals surface area contributed by atoms with E-state index < -0.39 is 5.56 Å². The largest absolute Gasteiger partial charge is 0.382 e. The summed E-state index contributed by atoms with van der Waals surface area (Å²) in [5.41, 5.74) is 6.02. The van der Waals surface area contributed by atoms with Crippen molar-refractivity contribution in [3.8, 4) is 17.8 Å². The Balaban J connectivity index is 2.14. The van der Waals surface area contributed by atoms with E-state index in [4.69, 9.17) is 17.3 Å². The summed E-state index contributed by atoms with van der Waals surface area (Å²) in [7, 11) is 0. The summed E-state index contributed by atoms with van der Waals surface area (Å²) < 4.78 is 1.33. The number of benzene rings is 2. The minimum atomic E-state index is -0.427. The minimum Gasteiger partial charge on any atom is -0.382 e. The second-order valence-corrected chi connectivity index (χ2v) is 6.60. The molecule has 0 atom stereocenters. The first kappa shape index (κ1) is 18.9. The van der Waals surface area contributed by atoms with Crippen LogP contribution in [0.2, 0.25) is 5.02 Å². The van der Waals surface area contributed by atoms with E-state index in [0.717, 1.165) is 0 Å². The maximum absolute atomic E-state index is 13.5. The number of rotatable bonds is 3. The zero-order valence-electron chi connectivity index (χ0n) is 15.3. The molecule has 0 amide bonds. The van der Waals surface area contributed by atoms with Gasteiger partial charge in [0.25, 0.3) is 5.56 Å². The lowest BCUT2D eigenvalue weighted by Crippen LogP contribution is -2.23. The van der Waals surface area contributed by atoms with Crippen molar-refractivity contribution >= 4 is 39.8 Å². The Hall–Kier alpha value is -4.40. The van der Waals surface area contributed by atoms with Gasteiger partial charge in [-0.25, -0.2) is 9.97 Å². The first-order valence-electron chi connectivity index (χ1n) is 8.67. The highest BCUT2D eigenvalue weighted by Crippen LogP contribution is 2.31. The van der Waals surface area contributed by atoms with Crippen LogP contribution in [0.5, 0.6) is 0 Å². The van der Waals surface area contributed by atoms with Crippen molar-refractivity contribution in [2.24, 2.45) is 0 Å². The fourth-order valence-corrected chi connectivity index (χ4v) is 3.43. The molecular weight excluding hydrogens is 402 g/mol. The predicted octanol–water partition coefficient (Wildman–Crippen LogP) is 3.50. The first-order chi connectivity index (χ1) is 14.6. The van der Waals surface area contributed by atoms with Gasteiger partial charge in [0.15, 0.2) is 5.82 Å². The van der Waals surface area contributed by atoms with Crippen LogP contribution in [-0.4, -0.2) is 14.5 Å². The number of nitrogens with zero attached hydrogens (tertiary/aromatic N) is 5. The van der Waals surface area contributed by atoms with Crippen LogP contribution < -0.4 is 16.6 Å². The summed E-state index contributed by atoms with van der Waals surface area (Å²) >= 11 is 6.31. The number of fused-ring (bicyclic) bond motifs is 1. The fourth-order valence-electron chi connectivity index (χ4n) is 3.17. The van der Waals surface area contributed by atoms with Crippen LogP contribution >= 0.6 is 11.6 Å². The van der Waals surface area contributed by atoms with E-state index in [-0.39, 0.29) is 39.0 Å². The highest BCUT2D eigenvalue weighted by molar-refractivity contribution is 6.35. The zero-order valence-corrected chi connectivity index (χ0v) is 16.1. The number of anilines is 3. The van der Waals surface area contributed by atoms with Crippen molar-refractivity contribution in [2.45, 2.75) is 0 Å². The number of aromatic nitrogens is 3. The van der Waals surface area contributed by atoms with E-state index in [2.05, 4.69) is 21.4 Å². The molecule has 30 heavy (non-hydrogen) atoms. The van der Waals surface area contributed by atoms with E-state index in [1.807, 2.05) is 6.07 Å². The summed E-state index contributed by atoms with van der Waals surface area (Å²) in [4.78, 5) is 21.3. The van der Waals surface area contributed by atoms with Crippen molar-refractivity contribution in [1.29, 1.82) is 10.5 Å². The Morgan fingerprint density at radius 3 is 2.43 bits per heavy atom. The number of nitrogens with one attached hydrogen (secondary N) is 1. The molecule has 2 aromatic carbocycles. The lowest BCUT2D eigenvalue weighted by Gasteiger charge is -2.18. The molecule has 4 aromatic rings. The Labute approximate surface area is 175 Å². The van der Waals surface area contributed by atoms with Crippen LogP contribution in [-0.2, 0) is 0 Å². The van der Waals surface area contributed by atoms with Crippen LogP contribution in [0.3, 0.4) is 0 Å². The zero-order chi connectivity index (χ0) is 21.3. The average Bonchev–Trinajstić information content (AvgIpc) is 2.75. The molecule has 0 aliphatic rings. The number of hydrogen-bond acceptors (Lipinski definition) is 7. The molecule has 2 aromatic heterocycles. The predicted molar refractivity (Wildman–Crippen MR) is 114 cm³/mol. The Morgan fingerprint density at radius 2 is 1.73 bits per heavy atom. The molecule has 0 fully saturated rings. The van der Waals surface area contributed by atoms with Crippen molar-refractivity contribution in [2.75, 3.05) is 11.1 Å². The van der Waals surface area contributed by atoms with Crippen molar-refractivity contribution in [1.82, 2.24) is 14.5 Å². The quantitative estimate of drug-likeness (QED) is 0.524. The lowest BCUT2D eigenvalue weighted by molar-refractivity contribution is 1.00. The van der Waals surface area contributed by atoms with Gasteiger partial charge in [-0.15, -0.1) is 0 Å². The molecule has 0 aliphatic carbocycles. The van der Waals surface area contributed by atoms with Gasteiger partial charge in [0.2, 0.25) is 0 Å². The van der Waals surface area contributed by atoms with Crippen LogP contribution in [0.4, 0.5) is 17.5 Å².